The zero-order valence-corrected chi connectivity index (χ0v) is 13.3. The molecular weight excluding hydrogens is 268 g/mol. The molecule has 1 aromatic carbocycles. The van der Waals surface area contributed by atoms with Crippen molar-refractivity contribution in [1.29, 1.82) is 0 Å². The van der Waals surface area contributed by atoms with Crippen molar-refractivity contribution in [3.63, 3.8) is 0 Å². The predicted octanol–water partition coefficient (Wildman–Crippen LogP) is 3.67. The summed E-state index contributed by atoms with van der Waals surface area (Å²) in [6.07, 6.45) is 2.17. The van der Waals surface area contributed by atoms with Gasteiger partial charge < -0.3 is 11.1 Å². The molecule has 20 heavy (non-hydrogen) atoms. The second kappa shape index (κ2) is 7.50. The minimum absolute atomic E-state index is 0.0425. The monoisotopic (exact) mass is 292 g/mol. The Hall–Kier alpha value is -1.26. The van der Waals surface area contributed by atoms with Crippen LogP contribution in [-0.4, -0.2) is 17.7 Å². The Morgan fingerprint density at radius 3 is 2.70 bits per heavy atom. The maximum atomic E-state index is 12.1. The summed E-state index contributed by atoms with van der Waals surface area (Å²) in [5.74, 6) is 0.771. The van der Waals surface area contributed by atoms with Gasteiger partial charge in [-0.3, -0.25) is 4.79 Å². The van der Waals surface area contributed by atoms with Crippen LogP contribution in [0.4, 0.5) is 5.69 Å². The Labute approximate surface area is 126 Å². The zero-order chi connectivity index (χ0) is 15.2. The summed E-state index contributed by atoms with van der Waals surface area (Å²) in [5.41, 5.74) is 6.81. The molecule has 1 amide bonds. The van der Waals surface area contributed by atoms with Crippen LogP contribution < -0.4 is 11.1 Å². The summed E-state index contributed by atoms with van der Waals surface area (Å²) in [5, 5.41) is 2.95. The maximum absolute atomic E-state index is 12.1. The second-order valence-electron chi connectivity index (χ2n) is 5.82. The lowest BCUT2D eigenvalue weighted by molar-refractivity contribution is -0.117. The van der Waals surface area contributed by atoms with E-state index in [-0.39, 0.29) is 17.4 Å². The number of carbonyl (C=O) groups excluding carboxylic acids is 1. The number of para-hydroxylation sites is 1. The molecule has 0 aliphatic heterocycles. The van der Waals surface area contributed by atoms with Crippen molar-refractivity contribution in [3.05, 3.63) is 36.9 Å². The van der Waals surface area contributed by atoms with E-state index in [9.17, 15) is 4.79 Å². The zero-order valence-electron chi connectivity index (χ0n) is 12.5. The summed E-state index contributed by atoms with van der Waals surface area (Å²) in [7, 11) is 0. The Morgan fingerprint density at radius 2 is 2.10 bits per heavy atom. The molecular formula is C16H24N2OS. The van der Waals surface area contributed by atoms with E-state index in [1.807, 2.05) is 51.1 Å². The molecule has 1 rings (SSSR count). The second-order valence-corrected chi connectivity index (χ2v) is 6.88. The molecule has 0 spiro atoms. The van der Waals surface area contributed by atoms with Crippen molar-refractivity contribution in [2.45, 2.75) is 38.1 Å². The van der Waals surface area contributed by atoms with Gasteiger partial charge in [-0.25, -0.2) is 0 Å². The Bertz CT molecular complexity index is 466. The van der Waals surface area contributed by atoms with E-state index in [4.69, 9.17) is 5.73 Å². The minimum atomic E-state index is -0.157. The normalized spacial score (nSPS) is 12.8. The van der Waals surface area contributed by atoms with Crippen LogP contribution >= 0.6 is 11.8 Å². The molecule has 0 saturated heterocycles. The fourth-order valence-corrected chi connectivity index (χ4v) is 2.30. The van der Waals surface area contributed by atoms with Crippen molar-refractivity contribution >= 4 is 23.4 Å². The average Bonchev–Trinajstić information content (AvgIpc) is 2.36. The van der Waals surface area contributed by atoms with Gasteiger partial charge in [0.25, 0.3) is 0 Å². The average molecular weight is 292 g/mol. The topological polar surface area (TPSA) is 55.1 Å². The van der Waals surface area contributed by atoms with Crippen LogP contribution in [0.1, 0.15) is 27.2 Å². The Morgan fingerprint density at radius 1 is 1.45 bits per heavy atom. The predicted molar refractivity (Wildman–Crippen MR) is 88.0 cm³/mol. The molecule has 0 saturated carbocycles. The number of amides is 1. The number of hydrogen-bond acceptors (Lipinski definition) is 3. The van der Waals surface area contributed by atoms with Crippen LogP contribution in [0.3, 0.4) is 0 Å². The van der Waals surface area contributed by atoms with Gasteiger partial charge in [0.1, 0.15) is 0 Å². The molecule has 0 radical (unpaired) electrons. The fraction of sp³-hybridized carbons (Fsp3) is 0.438. The van der Waals surface area contributed by atoms with E-state index in [0.717, 1.165) is 16.3 Å². The molecule has 3 N–H and O–H groups in total. The summed E-state index contributed by atoms with van der Waals surface area (Å²) in [6.45, 7) is 9.83. The summed E-state index contributed by atoms with van der Waals surface area (Å²) in [4.78, 5) is 13.1. The number of nitrogens with one attached hydrogen (secondary N) is 1. The molecule has 0 heterocycles. The Kier molecular flexibility index (Phi) is 6.30. The van der Waals surface area contributed by atoms with Crippen molar-refractivity contribution in [3.8, 4) is 0 Å². The minimum Gasteiger partial charge on any atom is -0.327 e. The highest BCUT2D eigenvalue weighted by Gasteiger charge is 2.23. The van der Waals surface area contributed by atoms with Crippen molar-refractivity contribution in [2.24, 2.45) is 11.1 Å². The molecule has 0 aliphatic rings. The van der Waals surface area contributed by atoms with Gasteiger partial charge in [0.05, 0.1) is 5.69 Å². The molecule has 110 valence electrons. The van der Waals surface area contributed by atoms with E-state index in [0.29, 0.717) is 6.42 Å². The van der Waals surface area contributed by atoms with E-state index in [1.54, 1.807) is 11.8 Å². The fourth-order valence-electron chi connectivity index (χ4n) is 1.55. The number of carbonyl (C=O) groups is 1. The molecule has 0 aliphatic carbocycles. The van der Waals surface area contributed by atoms with Crippen LogP contribution in [-0.2, 0) is 4.79 Å². The largest absolute Gasteiger partial charge is 0.327 e. The van der Waals surface area contributed by atoms with Crippen LogP contribution in [0.5, 0.6) is 0 Å². The third kappa shape index (κ3) is 5.39. The van der Waals surface area contributed by atoms with Crippen molar-refractivity contribution < 1.29 is 4.79 Å². The SMILES string of the molecule is C=CCSc1ccccc1NC(=O)CC(N)C(C)(C)C. The molecule has 4 heteroatoms. The molecule has 1 unspecified atom stereocenters. The van der Waals surface area contributed by atoms with Gasteiger partial charge in [-0.1, -0.05) is 39.0 Å². The van der Waals surface area contributed by atoms with Crippen LogP contribution in [0.2, 0.25) is 0 Å². The molecule has 0 aromatic heterocycles. The molecule has 1 aromatic rings. The molecule has 3 nitrogen and oxygen atoms in total. The summed E-state index contributed by atoms with van der Waals surface area (Å²) < 4.78 is 0. The highest BCUT2D eigenvalue weighted by atomic mass is 32.2. The number of thioether (sulfide) groups is 1. The third-order valence-corrected chi connectivity index (χ3v) is 4.10. The number of anilines is 1. The van der Waals surface area contributed by atoms with Gasteiger partial charge in [-0.2, -0.15) is 0 Å². The van der Waals surface area contributed by atoms with Gasteiger partial charge in [-0.05, 0) is 17.5 Å². The van der Waals surface area contributed by atoms with Gasteiger partial charge >= 0.3 is 0 Å². The first-order chi connectivity index (χ1) is 9.34. The number of rotatable bonds is 6. The molecule has 0 fully saturated rings. The van der Waals surface area contributed by atoms with Crippen molar-refractivity contribution in [1.82, 2.24) is 0 Å². The van der Waals surface area contributed by atoms with Gasteiger partial charge in [0.15, 0.2) is 0 Å². The maximum Gasteiger partial charge on any atom is 0.225 e. The lowest BCUT2D eigenvalue weighted by Crippen LogP contribution is -2.38. The standard InChI is InChI=1S/C16H24N2OS/c1-5-10-20-13-9-7-6-8-12(13)18-15(19)11-14(17)16(2,3)4/h5-9,14H,1,10-11,17H2,2-4H3,(H,18,19). The van der Waals surface area contributed by atoms with Crippen LogP contribution in [0.25, 0.3) is 0 Å². The molecule has 0 bridgehead atoms. The first kappa shape index (κ1) is 16.8. The van der Waals surface area contributed by atoms with E-state index in [2.05, 4.69) is 11.9 Å². The van der Waals surface area contributed by atoms with E-state index in [1.165, 1.54) is 0 Å². The number of hydrogen-bond donors (Lipinski definition) is 2. The first-order valence-electron chi connectivity index (χ1n) is 6.72. The highest BCUT2D eigenvalue weighted by Crippen LogP contribution is 2.27. The summed E-state index contributed by atoms with van der Waals surface area (Å²) >= 11 is 1.65. The van der Waals surface area contributed by atoms with E-state index >= 15 is 0 Å². The van der Waals surface area contributed by atoms with Crippen LogP contribution in [0, 0.1) is 5.41 Å². The number of nitrogens with two attached hydrogens (primary N) is 1. The summed E-state index contributed by atoms with van der Waals surface area (Å²) in [6, 6.07) is 7.62. The molecule has 1 atom stereocenters. The number of benzene rings is 1. The van der Waals surface area contributed by atoms with Gasteiger partial charge in [0, 0.05) is 23.1 Å². The van der Waals surface area contributed by atoms with Crippen LogP contribution in [0.15, 0.2) is 41.8 Å². The van der Waals surface area contributed by atoms with E-state index < -0.39 is 0 Å². The third-order valence-electron chi connectivity index (χ3n) is 3.04. The smallest absolute Gasteiger partial charge is 0.225 e. The highest BCUT2D eigenvalue weighted by molar-refractivity contribution is 7.99. The van der Waals surface area contributed by atoms with Crippen molar-refractivity contribution in [2.75, 3.05) is 11.1 Å². The Balaban J connectivity index is 2.68. The quantitative estimate of drug-likeness (QED) is 0.621. The van der Waals surface area contributed by atoms with Gasteiger partial charge in [-0.15, -0.1) is 18.3 Å². The van der Waals surface area contributed by atoms with Gasteiger partial charge in [0.2, 0.25) is 5.91 Å². The first-order valence-corrected chi connectivity index (χ1v) is 7.71. The lowest BCUT2D eigenvalue weighted by Gasteiger charge is -2.26. The lowest BCUT2D eigenvalue weighted by atomic mass is 9.85.